The maximum Gasteiger partial charge on any atom is 0.234 e. The lowest BCUT2D eigenvalue weighted by molar-refractivity contribution is -0.140. The van der Waals surface area contributed by atoms with E-state index in [9.17, 15) is 5.11 Å². The van der Waals surface area contributed by atoms with Crippen molar-refractivity contribution >= 4 is 0 Å². The first kappa shape index (κ1) is 25.8. The van der Waals surface area contributed by atoms with Gasteiger partial charge in [0.05, 0.1) is 0 Å². The summed E-state index contributed by atoms with van der Waals surface area (Å²) in [5.41, 5.74) is 75.6. The second-order valence-corrected chi connectivity index (χ2v) is 4.32. The van der Waals surface area contributed by atoms with Gasteiger partial charge in [-0.1, -0.05) is 46.0 Å². The summed E-state index contributed by atoms with van der Waals surface area (Å²) in [7, 11) is 0. The Balaban J connectivity index is 9.02. The zero-order valence-corrected chi connectivity index (χ0v) is 14.5. The van der Waals surface area contributed by atoms with Crippen LogP contribution in [0.3, 0.4) is 0 Å². The van der Waals surface area contributed by atoms with Gasteiger partial charge in [-0.25, -0.2) is 0 Å². The molecule has 1 N–H and O–H groups in total. The average molecular weight is 443 g/mol. The lowest BCUT2D eigenvalue weighted by Crippen LogP contribution is -2.72. The highest BCUT2D eigenvalue weighted by Crippen LogP contribution is 2.52. The number of hydrogen-bond donors (Lipinski definition) is 1. The molecule has 0 rings (SSSR count). The molecule has 158 valence electrons. The molecule has 28 heteroatoms. The van der Waals surface area contributed by atoms with Crippen LogP contribution in [0.1, 0.15) is 0 Å². The minimum atomic E-state index is -4.38. The third kappa shape index (κ3) is 3.82. The molecule has 0 unspecified atom stereocenters. The van der Waals surface area contributed by atoms with Crippen molar-refractivity contribution in [2.45, 2.75) is 23.0 Å². The molecule has 0 radical (unpaired) electrons. The molecule has 0 aliphatic heterocycles. The molecule has 0 amide bonds. The lowest BCUT2D eigenvalue weighted by atomic mass is 9.81. The van der Waals surface area contributed by atoms with Crippen LogP contribution in [-0.4, -0.2) is 28.1 Å². The molecule has 0 bridgehead atoms. The molecule has 0 atom stereocenters. The van der Waals surface area contributed by atoms with Crippen molar-refractivity contribution in [3.8, 4) is 0 Å². The van der Waals surface area contributed by atoms with E-state index in [1.807, 2.05) is 0 Å². The minimum absolute atomic E-state index is 2.13. The number of nitrogens with zero attached hydrogens (tertiary/aromatic N) is 27. The van der Waals surface area contributed by atoms with E-state index in [-0.39, 0.29) is 0 Å². The van der Waals surface area contributed by atoms with Gasteiger partial charge in [-0.15, -0.1) is 0 Å². The number of rotatable bonds is 12. The van der Waals surface area contributed by atoms with Crippen LogP contribution in [-0.2, 0) is 0 Å². The third-order valence-corrected chi connectivity index (χ3v) is 3.11. The van der Waals surface area contributed by atoms with E-state index in [1.165, 1.54) is 0 Å². The van der Waals surface area contributed by atoms with Gasteiger partial charge >= 0.3 is 0 Å². The number of azide groups is 3. The van der Waals surface area contributed by atoms with Gasteiger partial charge in [0.2, 0.25) is 17.4 Å². The molecule has 0 aliphatic rings. The predicted molar refractivity (Wildman–Crippen MR) is 95.5 cm³/mol. The lowest BCUT2D eigenvalue weighted by Gasteiger charge is -2.50. The summed E-state index contributed by atoms with van der Waals surface area (Å²) in [4.78, 5) is 19.1. The quantitative estimate of drug-likeness (QED) is 0.228. The van der Waals surface area contributed by atoms with Crippen molar-refractivity contribution in [3.63, 3.8) is 0 Å². The fourth-order valence-corrected chi connectivity index (χ4v) is 2.07. The van der Waals surface area contributed by atoms with Crippen LogP contribution in [0.25, 0.3) is 94.0 Å². The Labute approximate surface area is 169 Å². The van der Waals surface area contributed by atoms with Gasteiger partial charge in [-0.05, 0) is 49.8 Å². The van der Waals surface area contributed by atoms with Crippen molar-refractivity contribution in [1.29, 1.82) is 0 Å². The summed E-state index contributed by atoms with van der Waals surface area (Å²) in [5, 5.41) is 36.0. The van der Waals surface area contributed by atoms with Crippen molar-refractivity contribution in [3.05, 3.63) is 94.0 Å². The largest absolute Gasteiger partial charge is 0.387 e. The van der Waals surface area contributed by atoms with E-state index in [2.05, 4.69) is 90.2 Å². The maximum atomic E-state index is 11.5. The normalized spacial score (nSPS) is 16.0. The molecule has 28 nitrogen and oxygen atoms in total. The molecule has 0 aromatic heterocycles. The van der Waals surface area contributed by atoms with Gasteiger partial charge in [0.1, 0.15) is 5.60 Å². The second-order valence-electron chi connectivity index (χ2n) is 4.32. The van der Waals surface area contributed by atoms with Crippen LogP contribution in [0, 0.1) is 0 Å². The summed E-state index contributed by atoms with van der Waals surface area (Å²) >= 11 is 0. The fraction of sp³-hybridized carbons (Fsp3) is 1.00. The Kier molecular flexibility index (Phi) is 8.79. The first-order valence-electron chi connectivity index (χ1n) is 6.59. The monoisotopic (exact) mass is 443 g/mol. The Bertz CT molecular complexity index is 903. The fourth-order valence-electron chi connectivity index (χ4n) is 2.07. The van der Waals surface area contributed by atoms with E-state index >= 15 is 0 Å². The van der Waals surface area contributed by atoms with E-state index in [0.29, 0.717) is 0 Å². The van der Waals surface area contributed by atoms with Gasteiger partial charge in [0.15, 0.2) is 0 Å². The van der Waals surface area contributed by atoms with Gasteiger partial charge in [0, 0.05) is 44.2 Å². The van der Waals surface area contributed by atoms with E-state index in [0.717, 1.165) is 0 Å². The number of aliphatic hydroxyl groups is 1. The summed E-state index contributed by atoms with van der Waals surface area (Å²) in [6.07, 6.45) is 0. The van der Waals surface area contributed by atoms with Crippen LogP contribution < -0.4 is 0 Å². The van der Waals surface area contributed by atoms with E-state index in [4.69, 9.17) is 49.8 Å². The van der Waals surface area contributed by atoms with Crippen molar-refractivity contribution in [1.82, 2.24) is 0 Å². The molecule has 0 heterocycles. The van der Waals surface area contributed by atoms with E-state index in [1.54, 1.807) is 0 Å². The Morgan fingerprint density at radius 3 is 0.562 bits per heavy atom. The summed E-state index contributed by atoms with van der Waals surface area (Å²) in [5.74, 6) is -11.8. The van der Waals surface area contributed by atoms with Crippen molar-refractivity contribution < 1.29 is 5.11 Å². The smallest absolute Gasteiger partial charge is 0.234 e. The highest BCUT2D eigenvalue weighted by molar-refractivity contribution is 5.25. The molecule has 0 fully saturated rings. The van der Waals surface area contributed by atoms with Crippen LogP contribution in [0.2, 0.25) is 0 Å². The summed E-state index contributed by atoms with van der Waals surface area (Å²) in [6.45, 7) is 0. The molecule has 0 spiro atoms. The topological polar surface area (TPSA) is 459 Å². The average Bonchev–Trinajstić information content (AvgIpc) is 2.74. The molecule has 0 saturated carbocycles. The Morgan fingerprint density at radius 1 is 0.344 bits per heavy atom. The molecule has 0 saturated heterocycles. The van der Waals surface area contributed by atoms with Gasteiger partial charge in [-0.2, -0.15) is 0 Å². The maximum absolute atomic E-state index is 11.5. The highest BCUT2D eigenvalue weighted by Gasteiger charge is 2.73. The van der Waals surface area contributed by atoms with Crippen LogP contribution in [0.15, 0.2) is 46.0 Å². The zero-order chi connectivity index (χ0) is 24.7. The molecular formula is C4HN27O. The zero-order valence-electron chi connectivity index (χ0n) is 14.5. The molecule has 0 aliphatic carbocycles. The minimum Gasteiger partial charge on any atom is -0.387 e. The van der Waals surface area contributed by atoms with Crippen LogP contribution in [0.4, 0.5) is 0 Å². The third-order valence-electron chi connectivity index (χ3n) is 3.11. The summed E-state index contributed by atoms with van der Waals surface area (Å²) in [6, 6.07) is 0. The van der Waals surface area contributed by atoms with Crippen molar-refractivity contribution in [2.75, 3.05) is 0 Å². The van der Waals surface area contributed by atoms with E-state index < -0.39 is 23.0 Å². The first-order valence-corrected chi connectivity index (χ1v) is 6.59. The van der Waals surface area contributed by atoms with Crippen LogP contribution in [0.5, 0.6) is 0 Å². The molecule has 32 heavy (non-hydrogen) atoms. The molecule has 0 aromatic carbocycles. The SMILES string of the molecule is [N-]=[N+]=NC(N=[N+]=[N-])(N=[N+]=[N-])C(O)(C(N=[N+]=[N-])(N=[N+]=[N-])N=[N+]=[N-])C(N=[N+]=[N-])(N=[N+]=[N-])N=[N+]=[N-]. The molecule has 0 aromatic rings. The van der Waals surface area contributed by atoms with Crippen molar-refractivity contribution in [2.24, 2.45) is 46.0 Å². The summed E-state index contributed by atoms with van der Waals surface area (Å²) < 4.78 is 0. The molecular weight excluding hydrogens is 442 g/mol. The Morgan fingerprint density at radius 2 is 0.469 bits per heavy atom. The van der Waals surface area contributed by atoms with Gasteiger partial charge in [0.25, 0.3) is 0 Å². The highest BCUT2D eigenvalue weighted by atomic mass is 16.3. The Hall–Kier alpha value is -6.25. The predicted octanol–water partition coefficient (Wildman–Crippen LogP) is 5.47. The number of hydrogen-bond acceptors (Lipinski definition) is 10. The van der Waals surface area contributed by atoms with Gasteiger partial charge in [-0.3, -0.25) is 0 Å². The first-order chi connectivity index (χ1) is 15.3. The van der Waals surface area contributed by atoms with Gasteiger partial charge < -0.3 is 5.11 Å². The second kappa shape index (κ2) is 10.9. The standard InChI is InChI=1S/C4HN27O/c5-23-14-2(15-24-6,16-25-7)1(32,3(17-26-8,18-27-9)19-28-10)4(20-29-11,21-30-12)22-31-13/h32H. The van der Waals surface area contributed by atoms with Crippen LogP contribution >= 0.6 is 0 Å².